The fourth-order valence-electron chi connectivity index (χ4n) is 2.17. The van der Waals surface area contributed by atoms with E-state index in [0.29, 0.717) is 28.3 Å². The summed E-state index contributed by atoms with van der Waals surface area (Å²) < 4.78 is 10.5. The Hall–Kier alpha value is -2.69. The van der Waals surface area contributed by atoms with Crippen LogP contribution in [0, 0.1) is 13.8 Å². The quantitative estimate of drug-likeness (QED) is 0.832. The van der Waals surface area contributed by atoms with Crippen LogP contribution in [0.15, 0.2) is 30.3 Å². The summed E-state index contributed by atoms with van der Waals surface area (Å²) in [4.78, 5) is 12.3. The number of nitrogens with one attached hydrogen (secondary N) is 1. The third-order valence-electron chi connectivity index (χ3n) is 3.43. The summed E-state index contributed by atoms with van der Waals surface area (Å²) in [5, 5.41) is 12.5. The number of phenols is 1. The van der Waals surface area contributed by atoms with Crippen molar-refractivity contribution in [1.29, 1.82) is 0 Å². The van der Waals surface area contributed by atoms with E-state index in [9.17, 15) is 9.90 Å². The molecule has 0 aromatic heterocycles. The molecule has 21 heavy (non-hydrogen) atoms. The minimum Gasteiger partial charge on any atom is -0.508 e. The van der Waals surface area contributed by atoms with Gasteiger partial charge in [0.05, 0.1) is 0 Å². The van der Waals surface area contributed by atoms with Crippen LogP contribution in [0.25, 0.3) is 0 Å². The highest BCUT2D eigenvalue weighted by atomic mass is 16.7. The van der Waals surface area contributed by atoms with E-state index in [1.165, 1.54) is 0 Å². The average molecular weight is 285 g/mol. The van der Waals surface area contributed by atoms with Crippen LogP contribution in [0.1, 0.15) is 21.5 Å². The molecule has 0 saturated heterocycles. The van der Waals surface area contributed by atoms with Crippen molar-refractivity contribution in [3.05, 3.63) is 47.0 Å². The van der Waals surface area contributed by atoms with E-state index >= 15 is 0 Å². The van der Waals surface area contributed by atoms with Crippen molar-refractivity contribution in [2.45, 2.75) is 13.8 Å². The van der Waals surface area contributed by atoms with Gasteiger partial charge < -0.3 is 19.9 Å². The maximum absolute atomic E-state index is 12.3. The van der Waals surface area contributed by atoms with Gasteiger partial charge in [0.15, 0.2) is 11.5 Å². The molecule has 5 heteroatoms. The lowest BCUT2D eigenvalue weighted by atomic mass is 10.1. The maximum Gasteiger partial charge on any atom is 0.255 e. The number of benzene rings is 2. The molecule has 2 aromatic rings. The van der Waals surface area contributed by atoms with Gasteiger partial charge >= 0.3 is 0 Å². The molecule has 0 fully saturated rings. The second kappa shape index (κ2) is 5.01. The molecule has 0 aliphatic carbocycles. The summed E-state index contributed by atoms with van der Waals surface area (Å²) in [5.41, 5.74) is 2.67. The smallest absolute Gasteiger partial charge is 0.255 e. The number of rotatable bonds is 2. The Bertz CT molecular complexity index is 724. The normalized spacial score (nSPS) is 12.3. The van der Waals surface area contributed by atoms with Crippen LogP contribution in [0.5, 0.6) is 17.2 Å². The Morgan fingerprint density at radius 1 is 1.10 bits per heavy atom. The van der Waals surface area contributed by atoms with Crippen molar-refractivity contribution in [2.24, 2.45) is 0 Å². The number of aryl methyl sites for hydroxylation is 2. The Balaban J connectivity index is 1.85. The molecule has 1 aliphatic heterocycles. The van der Waals surface area contributed by atoms with Crippen LogP contribution in [-0.4, -0.2) is 17.8 Å². The van der Waals surface area contributed by atoms with Crippen molar-refractivity contribution in [1.82, 2.24) is 0 Å². The molecule has 108 valence electrons. The summed E-state index contributed by atoms with van der Waals surface area (Å²) in [6, 6.07) is 8.43. The first-order valence-electron chi connectivity index (χ1n) is 6.56. The van der Waals surface area contributed by atoms with Gasteiger partial charge in [-0.2, -0.15) is 0 Å². The third kappa shape index (κ3) is 2.50. The first kappa shape index (κ1) is 13.3. The van der Waals surface area contributed by atoms with Gasteiger partial charge in [-0.15, -0.1) is 0 Å². The lowest BCUT2D eigenvalue weighted by Crippen LogP contribution is -2.12. The Labute approximate surface area is 122 Å². The standard InChI is InChI=1S/C16H15NO4/c1-9-6-13(18)10(2)5-12(9)17-16(19)11-3-4-14-15(7-11)21-8-20-14/h3-7,18H,8H2,1-2H3,(H,17,19). The Morgan fingerprint density at radius 3 is 2.67 bits per heavy atom. The molecule has 0 spiro atoms. The van der Waals surface area contributed by atoms with Gasteiger partial charge in [0.25, 0.3) is 5.91 Å². The molecule has 5 nitrogen and oxygen atoms in total. The number of ether oxygens (including phenoxy) is 2. The van der Waals surface area contributed by atoms with E-state index in [0.717, 1.165) is 5.56 Å². The number of fused-ring (bicyclic) bond motifs is 1. The first-order chi connectivity index (χ1) is 10.0. The summed E-state index contributed by atoms with van der Waals surface area (Å²) in [5.74, 6) is 1.19. The van der Waals surface area contributed by atoms with Crippen molar-refractivity contribution in [2.75, 3.05) is 12.1 Å². The van der Waals surface area contributed by atoms with E-state index in [1.54, 1.807) is 37.3 Å². The van der Waals surface area contributed by atoms with Crippen LogP contribution in [0.4, 0.5) is 5.69 Å². The zero-order valence-corrected chi connectivity index (χ0v) is 11.8. The lowest BCUT2D eigenvalue weighted by Gasteiger charge is -2.11. The minimum absolute atomic E-state index is 0.177. The highest BCUT2D eigenvalue weighted by Crippen LogP contribution is 2.33. The number of carbonyl (C=O) groups is 1. The van der Waals surface area contributed by atoms with Crippen molar-refractivity contribution in [3.63, 3.8) is 0 Å². The van der Waals surface area contributed by atoms with E-state index in [4.69, 9.17) is 9.47 Å². The average Bonchev–Trinajstić information content (AvgIpc) is 2.92. The number of phenolic OH excluding ortho intramolecular Hbond substituents is 1. The van der Waals surface area contributed by atoms with Gasteiger partial charge in [-0.1, -0.05) is 0 Å². The molecule has 0 atom stereocenters. The molecule has 2 N–H and O–H groups in total. The number of hydrogen-bond donors (Lipinski definition) is 2. The van der Waals surface area contributed by atoms with E-state index in [-0.39, 0.29) is 18.4 Å². The van der Waals surface area contributed by atoms with Gasteiger partial charge in [0.2, 0.25) is 6.79 Å². The molecule has 3 rings (SSSR count). The number of aromatic hydroxyl groups is 1. The zero-order valence-electron chi connectivity index (χ0n) is 11.8. The number of carbonyl (C=O) groups excluding carboxylic acids is 1. The summed E-state index contributed by atoms with van der Waals surface area (Å²) in [7, 11) is 0. The van der Waals surface area contributed by atoms with E-state index < -0.39 is 0 Å². The van der Waals surface area contributed by atoms with Gasteiger partial charge in [-0.25, -0.2) is 0 Å². The van der Waals surface area contributed by atoms with Crippen molar-refractivity contribution >= 4 is 11.6 Å². The highest BCUT2D eigenvalue weighted by molar-refractivity contribution is 6.05. The monoisotopic (exact) mass is 285 g/mol. The molecule has 1 heterocycles. The summed E-state index contributed by atoms with van der Waals surface area (Å²) in [6.07, 6.45) is 0. The molecule has 2 aromatic carbocycles. The first-order valence-corrected chi connectivity index (χ1v) is 6.56. The van der Waals surface area contributed by atoms with Gasteiger partial charge in [0.1, 0.15) is 5.75 Å². The molecular weight excluding hydrogens is 270 g/mol. The fourth-order valence-corrected chi connectivity index (χ4v) is 2.17. The predicted molar refractivity (Wildman–Crippen MR) is 78.1 cm³/mol. The lowest BCUT2D eigenvalue weighted by molar-refractivity contribution is 0.102. The third-order valence-corrected chi connectivity index (χ3v) is 3.43. The Morgan fingerprint density at radius 2 is 1.86 bits per heavy atom. The molecule has 0 saturated carbocycles. The van der Waals surface area contributed by atoms with Crippen LogP contribution in [-0.2, 0) is 0 Å². The van der Waals surface area contributed by atoms with Crippen molar-refractivity contribution < 1.29 is 19.4 Å². The van der Waals surface area contributed by atoms with E-state index in [1.807, 2.05) is 6.92 Å². The molecular formula is C16H15NO4. The van der Waals surface area contributed by atoms with Crippen molar-refractivity contribution in [3.8, 4) is 17.2 Å². The maximum atomic E-state index is 12.3. The predicted octanol–water partition coefficient (Wildman–Crippen LogP) is 2.99. The van der Waals surface area contributed by atoms with Gasteiger partial charge in [-0.3, -0.25) is 4.79 Å². The molecule has 1 amide bonds. The van der Waals surface area contributed by atoms with Crippen LogP contribution >= 0.6 is 0 Å². The molecule has 0 bridgehead atoms. The second-order valence-corrected chi connectivity index (χ2v) is 4.98. The van der Waals surface area contributed by atoms with Gasteiger partial charge in [0, 0.05) is 11.3 Å². The largest absolute Gasteiger partial charge is 0.508 e. The second-order valence-electron chi connectivity index (χ2n) is 4.98. The van der Waals surface area contributed by atoms with Gasteiger partial charge in [-0.05, 0) is 55.3 Å². The molecule has 0 radical (unpaired) electrons. The Kier molecular flexibility index (Phi) is 3.17. The topological polar surface area (TPSA) is 67.8 Å². The van der Waals surface area contributed by atoms with Crippen LogP contribution in [0.2, 0.25) is 0 Å². The minimum atomic E-state index is -0.235. The number of amides is 1. The van der Waals surface area contributed by atoms with Crippen LogP contribution in [0.3, 0.4) is 0 Å². The summed E-state index contributed by atoms with van der Waals surface area (Å²) >= 11 is 0. The SMILES string of the molecule is Cc1cc(NC(=O)c2ccc3c(c2)OCO3)c(C)cc1O. The highest BCUT2D eigenvalue weighted by Gasteiger charge is 2.17. The number of hydrogen-bond acceptors (Lipinski definition) is 4. The van der Waals surface area contributed by atoms with Crippen LogP contribution < -0.4 is 14.8 Å². The number of anilines is 1. The zero-order chi connectivity index (χ0) is 15.0. The van der Waals surface area contributed by atoms with E-state index in [2.05, 4.69) is 5.32 Å². The molecule has 0 unspecified atom stereocenters. The fraction of sp³-hybridized carbons (Fsp3) is 0.188. The molecule has 1 aliphatic rings. The summed E-state index contributed by atoms with van der Waals surface area (Å²) in [6.45, 7) is 3.79.